The standard InChI is InChI=1S/C6H15NSi2/c1-2-4-6-9-7-8-5-3-1/h8H,1-6,9H2. The molecule has 1 aliphatic rings. The Balaban J connectivity index is 2.15. The molecule has 0 spiro atoms. The molecule has 0 atom stereocenters. The summed E-state index contributed by atoms with van der Waals surface area (Å²) in [5.74, 6) is 0. The van der Waals surface area contributed by atoms with E-state index in [1.54, 1.807) is 0 Å². The number of nitrogens with zero attached hydrogens (tertiary/aromatic N) is 1. The van der Waals surface area contributed by atoms with E-state index in [0.717, 1.165) is 0 Å². The predicted octanol–water partition coefficient (Wildman–Crippen LogP) is 1.10. The fourth-order valence-electron chi connectivity index (χ4n) is 1.15. The number of hydrogen-bond acceptors (Lipinski definition) is 1. The minimum atomic E-state index is 0.0914. The molecule has 0 aromatic carbocycles. The van der Waals surface area contributed by atoms with Crippen molar-refractivity contribution in [3.05, 3.63) is 0 Å². The zero-order valence-corrected chi connectivity index (χ0v) is 8.54. The van der Waals surface area contributed by atoms with E-state index in [1.807, 2.05) is 0 Å². The maximum atomic E-state index is 4.61. The van der Waals surface area contributed by atoms with Crippen molar-refractivity contribution in [3.63, 3.8) is 0 Å². The highest BCUT2D eigenvalue weighted by atomic mass is 28.3. The van der Waals surface area contributed by atoms with Crippen LogP contribution in [-0.4, -0.2) is 19.0 Å². The highest BCUT2D eigenvalue weighted by Gasteiger charge is 1.92. The van der Waals surface area contributed by atoms with Crippen LogP contribution >= 0.6 is 0 Å². The van der Waals surface area contributed by atoms with Gasteiger partial charge in [-0.2, -0.15) is 0 Å². The van der Waals surface area contributed by atoms with Crippen LogP contribution in [-0.2, 0) is 0 Å². The molecule has 0 bridgehead atoms. The summed E-state index contributed by atoms with van der Waals surface area (Å²) in [6, 6.07) is 2.94. The Morgan fingerprint density at radius 2 is 2.00 bits per heavy atom. The zero-order chi connectivity index (χ0) is 6.36. The molecule has 1 aliphatic heterocycles. The monoisotopic (exact) mass is 157 g/mol. The van der Waals surface area contributed by atoms with E-state index in [4.69, 9.17) is 0 Å². The van der Waals surface area contributed by atoms with Crippen LogP contribution < -0.4 is 0 Å². The van der Waals surface area contributed by atoms with E-state index in [0.29, 0.717) is 9.31 Å². The Kier molecular flexibility index (Phi) is 4.12. The van der Waals surface area contributed by atoms with Gasteiger partial charge in [0, 0.05) is 0 Å². The lowest BCUT2D eigenvalue weighted by Crippen LogP contribution is -1.83. The first-order valence-electron chi connectivity index (χ1n) is 3.98. The summed E-state index contributed by atoms with van der Waals surface area (Å²) < 4.78 is 4.61. The van der Waals surface area contributed by atoms with Gasteiger partial charge in [0.25, 0.3) is 0 Å². The molecule has 0 aromatic heterocycles. The van der Waals surface area contributed by atoms with Gasteiger partial charge >= 0.3 is 0 Å². The van der Waals surface area contributed by atoms with Crippen LogP contribution in [0.4, 0.5) is 0 Å². The molecule has 0 saturated heterocycles. The minimum Gasteiger partial charge on any atom is -0.377 e. The Morgan fingerprint density at radius 1 is 1.11 bits per heavy atom. The molecule has 3 heteroatoms. The van der Waals surface area contributed by atoms with Crippen molar-refractivity contribution in [2.45, 2.75) is 37.8 Å². The molecule has 1 nitrogen and oxygen atoms in total. The van der Waals surface area contributed by atoms with Crippen molar-refractivity contribution in [2.24, 2.45) is 4.30 Å². The first kappa shape index (κ1) is 7.34. The molecular formula is C6H15NSi2. The summed E-state index contributed by atoms with van der Waals surface area (Å²) in [5, 5.41) is 0. The van der Waals surface area contributed by atoms with Crippen molar-refractivity contribution >= 4 is 19.0 Å². The van der Waals surface area contributed by atoms with Gasteiger partial charge in [-0.3, -0.25) is 0 Å². The van der Waals surface area contributed by atoms with Crippen LogP contribution in [0, 0.1) is 0 Å². The average molecular weight is 157 g/mol. The van der Waals surface area contributed by atoms with Gasteiger partial charge in [-0.1, -0.05) is 25.7 Å². The first-order chi connectivity index (χ1) is 4.50. The fraction of sp³-hybridized carbons (Fsp3) is 1.00. The lowest BCUT2D eigenvalue weighted by Gasteiger charge is -1.93. The molecule has 0 amide bonds. The van der Waals surface area contributed by atoms with Gasteiger partial charge in [-0.25, -0.2) is 0 Å². The van der Waals surface area contributed by atoms with E-state index < -0.39 is 0 Å². The number of hydrogen-bond donors (Lipinski definition) is 0. The SMILES string of the molecule is C1CCC[SiH2]N=[SiH]CC1. The molecule has 0 aliphatic carbocycles. The van der Waals surface area contributed by atoms with Crippen molar-refractivity contribution < 1.29 is 0 Å². The van der Waals surface area contributed by atoms with Crippen LogP contribution in [0.2, 0.25) is 12.1 Å². The van der Waals surface area contributed by atoms with Crippen molar-refractivity contribution in [1.29, 1.82) is 0 Å². The maximum absolute atomic E-state index is 4.61. The zero-order valence-electron chi connectivity index (χ0n) is 5.97. The summed E-state index contributed by atoms with van der Waals surface area (Å²) in [4.78, 5) is 0. The third-order valence-electron chi connectivity index (χ3n) is 1.75. The van der Waals surface area contributed by atoms with Crippen LogP contribution in [0.3, 0.4) is 0 Å². The molecule has 9 heavy (non-hydrogen) atoms. The van der Waals surface area contributed by atoms with Gasteiger partial charge in [0.2, 0.25) is 0 Å². The lowest BCUT2D eigenvalue weighted by molar-refractivity contribution is 0.701. The van der Waals surface area contributed by atoms with Gasteiger partial charge in [0.05, 0.1) is 9.31 Å². The summed E-state index contributed by atoms with van der Waals surface area (Å²) in [7, 11) is 0.636. The molecule has 0 radical (unpaired) electrons. The molecule has 0 aromatic rings. The largest absolute Gasteiger partial charge is 0.377 e. The van der Waals surface area contributed by atoms with Crippen molar-refractivity contribution in [1.82, 2.24) is 0 Å². The Labute approximate surface area is 61.7 Å². The van der Waals surface area contributed by atoms with Gasteiger partial charge in [-0.05, 0) is 12.1 Å². The minimum absolute atomic E-state index is 0.0914. The second kappa shape index (κ2) is 5.05. The summed E-state index contributed by atoms with van der Waals surface area (Å²) in [5.41, 5.74) is 0. The third kappa shape index (κ3) is 3.75. The normalized spacial score (nSPS) is 24.9. The van der Waals surface area contributed by atoms with Crippen molar-refractivity contribution in [3.8, 4) is 0 Å². The van der Waals surface area contributed by atoms with Gasteiger partial charge in [-0.15, -0.1) is 0 Å². The van der Waals surface area contributed by atoms with E-state index in [9.17, 15) is 0 Å². The molecule has 0 saturated carbocycles. The number of rotatable bonds is 0. The Bertz CT molecular complexity index is 83.1. The van der Waals surface area contributed by atoms with E-state index >= 15 is 0 Å². The quantitative estimate of drug-likeness (QED) is 0.467. The van der Waals surface area contributed by atoms with Crippen LogP contribution in [0.5, 0.6) is 0 Å². The molecule has 0 unspecified atom stereocenters. The highest BCUT2D eigenvalue weighted by molar-refractivity contribution is 6.42. The van der Waals surface area contributed by atoms with Crippen LogP contribution in [0.1, 0.15) is 25.7 Å². The van der Waals surface area contributed by atoms with E-state index in [1.165, 1.54) is 37.8 Å². The molecule has 52 valence electrons. The van der Waals surface area contributed by atoms with E-state index in [-0.39, 0.29) is 9.68 Å². The predicted molar refractivity (Wildman–Crippen MR) is 46.2 cm³/mol. The van der Waals surface area contributed by atoms with Crippen LogP contribution in [0.25, 0.3) is 0 Å². The van der Waals surface area contributed by atoms with Crippen LogP contribution in [0.15, 0.2) is 4.30 Å². The third-order valence-corrected chi connectivity index (χ3v) is 5.30. The summed E-state index contributed by atoms with van der Waals surface area (Å²) in [6.07, 6.45) is 5.92. The van der Waals surface area contributed by atoms with E-state index in [2.05, 4.69) is 4.30 Å². The van der Waals surface area contributed by atoms with Gasteiger partial charge in [0.15, 0.2) is 0 Å². The Hall–Kier alpha value is 0.234. The second-order valence-electron chi connectivity index (χ2n) is 2.65. The highest BCUT2D eigenvalue weighted by Crippen LogP contribution is 2.06. The molecule has 0 N–H and O–H groups in total. The molecule has 0 fully saturated rings. The smallest absolute Gasteiger partial charge is 0.135 e. The molecule has 1 rings (SSSR count). The fourth-order valence-corrected chi connectivity index (χ4v) is 4.39. The van der Waals surface area contributed by atoms with Gasteiger partial charge in [0.1, 0.15) is 9.68 Å². The second-order valence-corrected chi connectivity index (χ2v) is 6.20. The Morgan fingerprint density at radius 3 is 3.00 bits per heavy atom. The summed E-state index contributed by atoms with van der Waals surface area (Å²) >= 11 is 0. The van der Waals surface area contributed by atoms with Gasteiger partial charge < -0.3 is 4.30 Å². The molecular weight excluding hydrogens is 142 g/mol. The summed E-state index contributed by atoms with van der Waals surface area (Å²) in [6.45, 7) is 0. The topological polar surface area (TPSA) is 12.4 Å². The van der Waals surface area contributed by atoms with Crippen molar-refractivity contribution in [2.75, 3.05) is 0 Å². The maximum Gasteiger partial charge on any atom is 0.135 e. The first-order valence-corrected chi connectivity index (χ1v) is 6.95. The molecule has 1 heterocycles. The lowest BCUT2D eigenvalue weighted by atomic mass is 10.2. The average Bonchev–Trinajstić information content (AvgIpc) is 2.00.